The minimum absolute atomic E-state index is 0.741. The van der Waals surface area contributed by atoms with Gasteiger partial charge in [0.2, 0.25) is 0 Å². The van der Waals surface area contributed by atoms with Crippen LogP contribution in [0, 0.1) is 0 Å². The Morgan fingerprint density at radius 3 is 3.14 bits per heavy atom. The van der Waals surface area contributed by atoms with Crippen LogP contribution < -0.4 is 5.32 Å². The van der Waals surface area contributed by atoms with Crippen molar-refractivity contribution >= 4 is 17.4 Å². The zero-order valence-corrected chi connectivity index (χ0v) is 8.66. The monoisotopic (exact) mass is 209 g/mol. The van der Waals surface area contributed by atoms with Crippen molar-refractivity contribution in [3.05, 3.63) is 23.3 Å². The summed E-state index contributed by atoms with van der Waals surface area (Å²) in [6, 6.07) is 0. The van der Waals surface area contributed by atoms with Gasteiger partial charge in [-0.15, -0.1) is 5.10 Å². The normalized spacial score (nSPS) is 10.4. The average Bonchev–Trinajstić information content (AvgIpc) is 2.86. The molecule has 1 N–H and O–H groups in total. The van der Waals surface area contributed by atoms with Crippen LogP contribution in [0.15, 0.2) is 17.8 Å². The number of aromatic nitrogens is 4. The Morgan fingerprint density at radius 2 is 2.50 bits per heavy atom. The molecule has 0 radical (unpaired) electrons. The van der Waals surface area contributed by atoms with Crippen molar-refractivity contribution < 1.29 is 0 Å². The standard InChI is InChI=1S/C8H11N5S/c1-2-13-5-7(4-10-13)3-9-8-6-14-12-11-8/h4-6,9H,2-3H2,1H3. The number of hydrogen-bond donors (Lipinski definition) is 1. The van der Waals surface area contributed by atoms with Crippen LogP contribution in [0.2, 0.25) is 0 Å². The smallest absolute Gasteiger partial charge is 0.161 e. The Balaban J connectivity index is 1.92. The van der Waals surface area contributed by atoms with E-state index in [-0.39, 0.29) is 0 Å². The molecule has 0 aliphatic rings. The molecule has 6 heteroatoms. The summed E-state index contributed by atoms with van der Waals surface area (Å²) in [5, 5.41) is 13.1. The van der Waals surface area contributed by atoms with Gasteiger partial charge in [0, 0.05) is 24.8 Å². The van der Waals surface area contributed by atoms with E-state index < -0.39 is 0 Å². The summed E-state index contributed by atoms with van der Waals surface area (Å²) in [6.45, 7) is 3.71. The van der Waals surface area contributed by atoms with Gasteiger partial charge in [0.05, 0.1) is 11.6 Å². The van der Waals surface area contributed by atoms with Gasteiger partial charge in [0.1, 0.15) is 0 Å². The zero-order valence-electron chi connectivity index (χ0n) is 7.84. The first-order valence-corrected chi connectivity index (χ1v) is 5.24. The van der Waals surface area contributed by atoms with Crippen LogP contribution in [0.5, 0.6) is 0 Å². The lowest BCUT2D eigenvalue weighted by molar-refractivity contribution is 0.659. The van der Waals surface area contributed by atoms with Gasteiger partial charge in [-0.05, 0) is 18.5 Å². The second-order valence-corrected chi connectivity index (χ2v) is 3.46. The number of anilines is 1. The summed E-state index contributed by atoms with van der Waals surface area (Å²) in [7, 11) is 0. The van der Waals surface area contributed by atoms with E-state index in [4.69, 9.17) is 0 Å². The average molecular weight is 209 g/mol. The van der Waals surface area contributed by atoms with Gasteiger partial charge in [0.15, 0.2) is 5.82 Å². The highest BCUT2D eigenvalue weighted by molar-refractivity contribution is 7.03. The van der Waals surface area contributed by atoms with Crippen LogP contribution in [-0.2, 0) is 13.1 Å². The number of nitrogens with one attached hydrogen (secondary N) is 1. The van der Waals surface area contributed by atoms with E-state index in [1.54, 1.807) is 0 Å². The van der Waals surface area contributed by atoms with Gasteiger partial charge in [-0.3, -0.25) is 4.68 Å². The SMILES string of the molecule is CCn1cc(CNc2csnn2)cn1. The Labute approximate surface area is 85.9 Å². The molecule has 0 aliphatic carbocycles. The van der Waals surface area contributed by atoms with Gasteiger partial charge in [-0.2, -0.15) is 5.10 Å². The molecule has 74 valence electrons. The Morgan fingerprint density at radius 1 is 1.57 bits per heavy atom. The van der Waals surface area contributed by atoms with Crippen molar-refractivity contribution in [3.8, 4) is 0 Å². The van der Waals surface area contributed by atoms with Crippen molar-refractivity contribution in [1.29, 1.82) is 0 Å². The lowest BCUT2D eigenvalue weighted by Gasteiger charge is -1.97. The molecule has 0 aromatic carbocycles. The number of rotatable bonds is 4. The lowest BCUT2D eigenvalue weighted by atomic mass is 10.3. The molecule has 0 saturated carbocycles. The third-order valence-electron chi connectivity index (χ3n) is 1.84. The van der Waals surface area contributed by atoms with Gasteiger partial charge in [0.25, 0.3) is 0 Å². The predicted octanol–water partition coefficient (Wildman–Crippen LogP) is 1.37. The van der Waals surface area contributed by atoms with E-state index in [0.29, 0.717) is 0 Å². The highest BCUT2D eigenvalue weighted by Crippen LogP contribution is 2.06. The summed E-state index contributed by atoms with van der Waals surface area (Å²) >= 11 is 1.34. The molecule has 0 amide bonds. The van der Waals surface area contributed by atoms with Crippen LogP contribution in [0.1, 0.15) is 12.5 Å². The fraction of sp³-hybridized carbons (Fsp3) is 0.375. The molecule has 0 fully saturated rings. The molecular formula is C8H11N5S. The summed E-state index contributed by atoms with van der Waals surface area (Å²) < 4.78 is 5.66. The molecule has 5 nitrogen and oxygen atoms in total. The first-order chi connectivity index (χ1) is 6.88. The van der Waals surface area contributed by atoms with E-state index in [1.165, 1.54) is 11.5 Å². The Kier molecular flexibility index (Phi) is 2.73. The zero-order chi connectivity index (χ0) is 9.80. The van der Waals surface area contributed by atoms with Crippen LogP contribution >= 0.6 is 11.5 Å². The molecule has 0 saturated heterocycles. The quantitative estimate of drug-likeness (QED) is 0.826. The highest BCUT2D eigenvalue weighted by atomic mass is 32.1. The third kappa shape index (κ3) is 2.08. The van der Waals surface area contributed by atoms with Crippen molar-refractivity contribution in [1.82, 2.24) is 19.4 Å². The van der Waals surface area contributed by atoms with Crippen molar-refractivity contribution in [2.24, 2.45) is 0 Å². The largest absolute Gasteiger partial charge is 0.364 e. The number of aryl methyl sites for hydroxylation is 1. The van der Waals surface area contributed by atoms with Crippen LogP contribution in [0.3, 0.4) is 0 Å². The maximum atomic E-state index is 4.18. The fourth-order valence-electron chi connectivity index (χ4n) is 1.10. The van der Waals surface area contributed by atoms with E-state index in [0.717, 1.165) is 24.5 Å². The molecule has 2 aromatic rings. The van der Waals surface area contributed by atoms with Crippen molar-refractivity contribution in [2.75, 3.05) is 5.32 Å². The summed E-state index contributed by atoms with van der Waals surface area (Å²) in [5.41, 5.74) is 1.15. The predicted molar refractivity (Wildman–Crippen MR) is 55.1 cm³/mol. The van der Waals surface area contributed by atoms with Gasteiger partial charge in [-0.1, -0.05) is 4.49 Å². The van der Waals surface area contributed by atoms with Crippen LogP contribution in [-0.4, -0.2) is 19.4 Å². The van der Waals surface area contributed by atoms with E-state index >= 15 is 0 Å². The van der Waals surface area contributed by atoms with E-state index in [9.17, 15) is 0 Å². The molecule has 14 heavy (non-hydrogen) atoms. The van der Waals surface area contributed by atoms with Gasteiger partial charge in [-0.25, -0.2) is 0 Å². The topological polar surface area (TPSA) is 55.6 Å². The third-order valence-corrected chi connectivity index (χ3v) is 2.35. The minimum atomic E-state index is 0.741. The molecule has 2 heterocycles. The second-order valence-electron chi connectivity index (χ2n) is 2.85. The summed E-state index contributed by atoms with van der Waals surface area (Å²) in [5.74, 6) is 0.819. The maximum absolute atomic E-state index is 4.18. The second kappa shape index (κ2) is 4.19. The first-order valence-electron chi connectivity index (χ1n) is 4.40. The van der Waals surface area contributed by atoms with Gasteiger partial charge >= 0.3 is 0 Å². The van der Waals surface area contributed by atoms with E-state index in [2.05, 4.69) is 26.9 Å². The minimum Gasteiger partial charge on any atom is -0.364 e. The fourth-order valence-corrected chi connectivity index (χ4v) is 1.52. The number of hydrogen-bond acceptors (Lipinski definition) is 5. The molecular weight excluding hydrogens is 198 g/mol. The molecule has 2 aromatic heterocycles. The summed E-state index contributed by atoms with van der Waals surface area (Å²) in [6.07, 6.45) is 3.88. The highest BCUT2D eigenvalue weighted by Gasteiger charge is 1.98. The maximum Gasteiger partial charge on any atom is 0.161 e. The Hall–Kier alpha value is -1.43. The van der Waals surface area contributed by atoms with E-state index in [1.807, 2.05) is 22.5 Å². The molecule has 0 unspecified atom stereocenters. The molecule has 0 spiro atoms. The van der Waals surface area contributed by atoms with Gasteiger partial charge < -0.3 is 5.32 Å². The molecule has 2 rings (SSSR count). The first kappa shape index (κ1) is 9.14. The van der Waals surface area contributed by atoms with Crippen LogP contribution in [0.4, 0.5) is 5.82 Å². The molecule has 0 aliphatic heterocycles. The van der Waals surface area contributed by atoms with Crippen LogP contribution in [0.25, 0.3) is 0 Å². The lowest BCUT2D eigenvalue weighted by Crippen LogP contribution is -1.98. The molecule has 0 atom stereocenters. The Bertz CT molecular complexity index is 380. The molecule has 0 bridgehead atoms. The van der Waals surface area contributed by atoms with Crippen molar-refractivity contribution in [3.63, 3.8) is 0 Å². The van der Waals surface area contributed by atoms with Crippen molar-refractivity contribution in [2.45, 2.75) is 20.0 Å². The summed E-state index contributed by atoms with van der Waals surface area (Å²) in [4.78, 5) is 0. The number of nitrogens with zero attached hydrogens (tertiary/aromatic N) is 4.